The van der Waals surface area contributed by atoms with Crippen molar-refractivity contribution in [2.75, 3.05) is 13.7 Å². The Bertz CT molecular complexity index is 334. The second kappa shape index (κ2) is 3.81. The number of ether oxygens (including phenoxy) is 1. The highest BCUT2D eigenvalue weighted by Gasteiger charge is 2.46. The molecule has 0 amide bonds. The van der Waals surface area contributed by atoms with Crippen LogP contribution in [0.4, 0.5) is 4.39 Å². The molecule has 1 aromatic carbocycles. The maximum atomic E-state index is 14.5. The van der Waals surface area contributed by atoms with Crippen LogP contribution in [0.5, 0.6) is 5.75 Å². The number of halogens is 1. The van der Waals surface area contributed by atoms with Gasteiger partial charge in [0.05, 0.1) is 7.11 Å². The SMILES string of the molecule is COc1ccc(C(F)(CN)C2CC2)cc1. The van der Waals surface area contributed by atoms with Crippen molar-refractivity contribution in [3.63, 3.8) is 0 Å². The van der Waals surface area contributed by atoms with E-state index >= 15 is 0 Å². The summed E-state index contributed by atoms with van der Waals surface area (Å²) in [5.41, 5.74) is 4.88. The molecule has 2 nitrogen and oxygen atoms in total. The number of alkyl halides is 1. The van der Waals surface area contributed by atoms with E-state index < -0.39 is 5.67 Å². The van der Waals surface area contributed by atoms with Gasteiger partial charge in [-0.05, 0) is 36.5 Å². The maximum Gasteiger partial charge on any atom is 0.150 e. The Kier molecular flexibility index (Phi) is 2.65. The van der Waals surface area contributed by atoms with Gasteiger partial charge in [-0.1, -0.05) is 12.1 Å². The van der Waals surface area contributed by atoms with Gasteiger partial charge in [-0.2, -0.15) is 0 Å². The van der Waals surface area contributed by atoms with Gasteiger partial charge in [0.2, 0.25) is 0 Å². The maximum absolute atomic E-state index is 14.5. The van der Waals surface area contributed by atoms with Crippen molar-refractivity contribution in [1.82, 2.24) is 0 Å². The molecule has 2 rings (SSSR count). The fraction of sp³-hybridized carbons (Fsp3) is 0.500. The van der Waals surface area contributed by atoms with Gasteiger partial charge in [-0.25, -0.2) is 4.39 Å². The van der Waals surface area contributed by atoms with Gasteiger partial charge >= 0.3 is 0 Å². The van der Waals surface area contributed by atoms with Gasteiger partial charge in [0.15, 0.2) is 5.67 Å². The van der Waals surface area contributed by atoms with E-state index in [1.54, 1.807) is 31.4 Å². The van der Waals surface area contributed by atoms with Crippen LogP contribution in [0.3, 0.4) is 0 Å². The molecule has 2 N–H and O–H groups in total. The monoisotopic (exact) mass is 209 g/mol. The standard InChI is InChI=1S/C12H16FNO/c1-15-11-6-4-10(5-7-11)12(13,8-14)9-2-3-9/h4-7,9H,2-3,8,14H2,1H3. The number of benzene rings is 1. The van der Waals surface area contributed by atoms with Crippen molar-refractivity contribution in [3.05, 3.63) is 29.8 Å². The van der Waals surface area contributed by atoms with Crippen molar-refractivity contribution < 1.29 is 9.13 Å². The predicted molar refractivity (Wildman–Crippen MR) is 57.6 cm³/mol. The molecule has 82 valence electrons. The van der Waals surface area contributed by atoms with Gasteiger partial charge in [-0.15, -0.1) is 0 Å². The second-order valence-corrected chi connectivity index (χ2v) is 4.07. The van der Waals surface area contributed by atoms with Crippen molar-refractivity contribution in [3.8, 4) is 5.75 Å². The van der Waals surface area contributed by atoms with E-state index in [4.69, 9.17) is 10.5 Å². The largest absolute Gasteiger partial charge is 0.497 e. The number of hydrogen-bond donors (Lipinski definition) is 1. The lowest BCUT2D eigenvalue weighted by Gasteiger charge is -2.24. The van der Waals surface area contributed by atoms with Crippen molar-refractivity contribution in [2.45, 2.75) is 18.5 Å². The first-order chi connectivity index (χ1) is 7.20. The zero-order valence-corrected chi connectivity index (χ0v) is 8.87. The highest BCUT2D eigenvalue weighted by Crippen LogP contribution is 2.48. The van der Waals surface area contributed by atoms with E-state index in [-0.39, 0.29) is 12.5 Å². The molecule has 1 atom stereocenters. The van der Waals surface area contributed by atoms with Crippen LogP contribution in [-0.4, -0.2) is 13.7 Å². The second-order valence-electron chi connectivity index (χ2n) is 4.07. The minimum absolute atomic E-state index is 0.0595. The number of hydrogen-bond acceptors (Lipinski definition) is 2. The van der Waals surface area contributed by atoms with Gasteiger partial charge in [0.25, 0.3) is 0 Å². The molecule has 0 heterocycles. The number of rotatable bonds is 4. The van der Waals surface area contributed by atoms with Crippen molar-refractivity contribution in [2.24, 2.45) is 11.7 Å². The van der Waals surface area contributed by atoms with E-state index in [1.165, 1.54) is 0 Å². The van der Waals surface area contributed by atoms with Gasteiger partial charge in [-0.3, -0.25) is 0 Å². The zero-order chi connectivity index (χ0) is 10.9. The Morgan fingerprint density at radius 3 is 2.40 bits per heavy atom. The summed E-state index contributed by atoms with van der Waals surface area (Å²) in [5.74, 6) is 0.852. The zero-order valence-electron chi connectivity index (χ0n) is 8.87. The molecule has 3 heteroatoms. The minimum Gasteiger partial charge on any atom is -0.497 e. The average Bonchev–Trinajstić information content (AvgIpc) is 3.12. The minimum atomic E-state index is -1.34. The Labute approximate surface area is 89.2 Å². The lowest BCUT2D eigenvalue weighted by molar-refractivity contribution is 0.143. The molecule has 1 aliphatic carbocycles. The average molecular weight is 209 g/mol. The lowest BCUT2D eigenvalue weighted by atomic mass is 9.91. The molecule has 1 aliphatic rings. The van der Waals surface area contributed by atoms with Crippen LogP contribution >= 0.6 is 0 Å². The molecule has 1 saturated carbocycles. The van der Waals surface area contributed by atoms with Crippen LogP contribution in [0.25, 0.3) is 0 Å². The number of methoxy groups -OCH3 is 1. The van der Waals surface area contributed by atoms with E-state index in [0.717, 1.165) is 18.6 Å². The summed E-state index contributed by atoms with van der Waals surface area (Å²) in [6, 6.07) is 7.09. The van der Waals surface area contributed by atoms with E-state index in [0.29, 0.717) is 5.56 Å². The third-order valence-corrected chi connectivity index (χ3v) is 3.09. The summed E-state index contributed by atoms with van der Waals surface area (Å²) in [6.45, 7) is 0.0595. The summed E-state index contributed by atoms with van der Waals surface area (Å²) in [4.78, 5) is 0. The Morgan fingerprint density at radius 2 is 2.00 bits per heavy atom. The third-order valence-electron chi connectivity index (χ3n) is 3.09. The van der Waals surface area contributed by atoms with Gasteiger partial charge in [0.1, 0.15) is 5.75 Å². The third kappa shape index (κ3) is 1.84. The Morgan fingerprint density at radius 1 is 1.40 bits per heavy atom. The highest BCUT2D eigenvalue weighted by molar-refractivity contribution is 5.32. The van der Waals surface area contributed by atoms with Crippen molar-refractivity contribution in [1.29, 1.82) is 0 Å². The summed E-state index contributed by atoms with van der Waals surface area (Å²) in [6.07, 6.45) is 1.89. The summed E-state index contributed by atoms with van der Waals surface area (Å²) in [5, 5.41) is 0. The van der Waals surface area contributed by atoms with Crippen LogP contribution in [0.1, 0.15) is 18.4 Å². The molecule has 0 aromatic heterocycles. The first-order valence-electron chi connectivity index (χ1n) is 5.24. The Balaban J connectivity index is 2.26. The fourth-order valence-corrected chi connectivity index (χ4v) is 1.93. The molecular weight excluding hydrogens is 193 g/mol. The van der Waals surface area contributed by atoms with Gasteiger partial charge < -0.3 is 10.5 Å². The summed E-state index contributed by atoms with van der Waals surface area (Å²) in [7, 11) is 1.60. The first kappa shape index (κ1) is 10.4. The van der Waals surface area contributed by atoms with Crippen LogP contribution in [0.2, 0.25) is 0 Å². The predicted octanol–water partition coefficient (Wildman–Crippen LogP) is 2.23. The molecule has 1 unspecified atom stereocenters. The summed E-state index contributed by atoms with van der Waals surface area (Å²) >= 11 is 0. The van der Waals surface area contributed by atoms with Crippen molar-refractivity contribution >= 4 is 0 Å². The molecule has 1 fully saturated rings. The fourth-order valence-electron chi connectivity index (χ4n) is 1.93. The normalized spacial score (nSPS) is 19.7. The molecule has 0 radical (unpaired) electrons. The van der Waals surface area contributed by atoms with Crippen LogP contribution in [0.15, 0.2) is 24.3 Å². The quantitative estimate of drug-likeness (QED) is 0.825. The van der Waals surface area contributed by atoms with Crippen LogP contribution in [0, 0.1) is 5.92 Å². The first-order valence-corrected chi connectivity index (χ1v) is 5.24. The van der Waals surface area contributed by atoms with Crippen LogP contribution in [-0.2, 0) is 5.67 Å². The van der Waals surface area contributed by atoms with Crippen LogP contribution < -0.4 is 10.5 Å². The van der Waals surface area contributed by atoms with E-state index in [1.807, 2.05) is 0 Å². The molecule has 0 aliphatic heterocycles. The number of nitrogens with two attached hydrogens (primary N) is 1. The molecule has 0 bridgehead atoms. The molecule has 0 spiro atoms. The summed E-state index contributed by atoms with van der Waals surface area (Å²) < 4.78 is 19.5. The topological polar surface area (TPSA) is 35.2 Å². The smallest absolute Gasteiger partial charge is 0.150 e. The van der Waals surface area contributed by atoms with E-state index in [9.17, 15) is 4.39 Å². The molecule has 15 heavy (non-hydrogen) atoms. The lowest BCUT2D eigenvalue weighted by Crippen LogP contribution is -2.32. The highest BCUT2D eigenvalue weighted by atomic mass is 19.1. The molecule has 1 aromatic rings. The molecule has 0 saturated heterocycles. The molecular formula is C12H16FNO. The van der Waals surface area contributed by atoms with E-state index in [2.05, 4.69) is 0 Å². The Hall–Kier alpha value is -1.09. The van der Waals surface area contributed by atoms with Gasteiger partial charge in [0, 0.05) is 6.54 Å².